The Labute approximate surface area is 130 Å². The molecular weight excluding hydrogens is 262 g/mol. The van der Waals surface area contributed by atoms with Crippen LogP contribution in [0.2, 0.25) is 0 Å². The SMILES string of the molecule is CCCC1(C(=O)O)CCCN(C2CCCC(C)(C)CC2)C1. The lowest BCUT2D eigenvalue weighted by atomic mass is 9.75. The Balaban J connectivity index is 2.04. The van der Waals surface area contributed by atoms with Gasteiger partial charge in [0.2, 0.25) is 0 Å². The number of nitrogens with zero attached hydrogens (tertiary/aromatic N) is 1. The minimum absolute atomic E-state index is 0.470. The fourth-order valence-electron chi connectivity index (χ4n) is 4.45. The molecule has 1 N–H and O–H groups in total. The number of hydrogen-bond donors (Lipinski definition) is 1. The molecule has 3 heteroatoms. The lowest BCUT2D eigenvalue weighted by Crippen LogP contribution is -2.51. The van der Waals surface area contributed by atoms with Crippen LogP contribution in [0.15, 0.2) is 0 Å². The molecule has 0 spiro atoms. The van der Waals surface area contributed by atoms with E-state index < -0.39 is 11.4 Å². The number of aliphatic carboxylic acids is 1. The highest BCUT2D eigenvalue weighted by Crippen LogP contribution is 2.40. The maximum Gasteiger partial charge on any atom is 0.310 e. The number of piperidine rings is 1. The minimum atomic E-state index is -0.567. The van der Waals surface area contributed by atoms with Crippen LogP contribution in [0.5, 0.6) is 0 Å². The van der Waals surface area contributed by atoms with Crippen LogP contribution in [-0.2, 0) is 4.79 Å². The number of likely N-dealkylation sites (tertiary alicyclic amines) is 1. The maximum absolute atomic E-state index is 11.8. The molecule has 0 bridgehead atoms. The zero-order valence-electron chi connectivity index (χ0n) is 14.2. The van der Waals surface area contributed by atoms with Gasteiger partial charge in [-0.15, -0.1) is 0 Å². The summed E-state index contributed by atoms with van der Waals surface area (Å²) in [6.07, 6.45) is 10.1. The van der Waals surface area contributed by atoms with E-state index in [2.05, 4.69) is 25.7 Å². The number of carboxylic acid groups (broad SMARTS) is 1. The van der Waals surface area contributed by atoms with E-state index in [1.165, 1.54) is 32.1 Å². The number of carboxylic acids is 1. The molecule has 0 radical (unpaired) electrons. The average Bonchev–Trinajstić information content (AvgIpc) is 2.60. The molecule has 1 saturated heterocycles. The molecule has 0 aromatic rings. The van der Waals surface area contributed by atoms with Gasteiger partial charge in [-0.2, -0.15) is 0 Å². The van der Waals surface area contributed by atoms with E-state index in [4.69, 9.17) is 0 Å². The highest BCUT2D eigenvalue weighted by atomic mass is 16.4. The van der Waals surface area contributed by atoms with Crippen molar-refractivity contribution in [1.29, 1.82) is 0 Å². The van der Waals surface area contributed by atoms with Gasteiger partial charge in [-0.3, -0.25) is 9.69 Å². The van der Waals surface area contributed by atoms with Crippen molar-refractivity contribution in [3.05, 3.63) is 0 Å². The molecule has 1 saturated carbocycles. The lowest BCUT2D eigenvalue weighted by Gasteiger charge is -2.43. The molecule has 0 aromatic heterocycles. The normalized spacial score (nSPS) is 34.3. The first kappa shape index (κ1) is 16.8. The lowest BCUT2D eigenvalue weighted by molar-refractivity contribution is -0.154. The van der Waals surface area contributed by atoms with Gasteiger partial charge in [-0.1, -0.05) is 33.6 Å². The molecule has 2 aliphatic rings. The molecule has 2 rings (SSSR count). The van der Waals surface area contributed by atoms with Gasteiger partial charge in [0.05, 0.1) is 5.41 Å². The Morgan fingerprint density at radius 2 is 1.95 bits per heavy atom. The monoisotopic (exact) mass is 295 g/mol. The molecule has 0 amide bonds. The first-order valence-corrected chi connectivity index (χ1v) is 8.86. The van der Waals surface area contributed by atoms with E-state index >= 15 is 0 Å². The molecule has 21 heavy (non-hydrogen) atoms. The van der Waals surface area contributed by atoms with Gasteiger partial charge in [-0.25, -0.2) is 0 Å². The van der Waals surface area contributed by atoms with E-state index in [0.717, 1.165) is 38.8 Å². The summed E-state index contributed by atoms with van der Waals surface area (Å²) in [7, 11) is 0. The van der Waals surface area contributed by atoms with E-state index in [1.54, 1.807) is 0 Å². The molecule has 1 aliphatic heterocycles. The Morgan fingerprint density at radius 3 is 2.62 bits per heavy atom. The van der Waals surface area contributed by atoms with Gasteiger partial charge in [0.25, 0.3) is 0 Å². The van der Waals surface area contributed by atoms with E-state index in [1.807, 2.05) is 0 Å². The fourth-order valence-corrected chi connectivity index (χ4v) is 4.45. The zero-order valence-corrected chi connectivity index (χ0v) is 14.2. The van der Waals surface area contributed by atoms with Gasteiger partial charge >= 0.3 is 5.97 Å². The molecule has 2 atom stereocenters. The topological polar surface area (TPSA) is 40.5 Å². The van der Waals surface area contributed by atoms with Crippen molar-refractivity contribution in [2.24, 2.45) is 10.8 Å². The van der Waals surface area contributed by atoms with Crippen LogP contribution in [0.3, 0.4) is 0 Å². The Bertz CT molecular complexity index is 362. The van der Waals surface area contributed by atoms with Crippen molar-refractivity contribution < 1.29 is 9.90 Å². The van der Waals surface area contributed by atoms with Crippen molar-refractivity contribution in [2.75, 3.05) is 13.1 Å². The van der Waals surface area contributed by atoms with Crippen LogP contribution >= 0.6 is 0 Å². The van der Waals surface area contributed by atoms with Crippen LogP contribution < -0.4 is 0 Å². The third kappa shape index (κ3) is 4.00. The molecular formula is C18H33NO2. The number of rotatable bonds is 4. The summed E-state index contributed by atoms with van der Waals surface area (Å²) in [6, 6.07) is 0.614. The summed E-state index contributed by atoms with van der Waals surface area (Å²) < 4.78 is 0. The second-order valence-corrected chi connectivity index (χ2v) is 8.16. The van der Waals surface area contributed by atoms with Gasteiger partial charge in [0, 0.05) is 12.6 Å². The largest absolute Gasteiger partial charge is 0.481 e. The van der Waals surface area contributed by atoms with Gasteiger partial charge in [-0.05, 0) is 56.9 Å². The van der Waals surface area contributed by atoms with E-state index in [0.29, 0.717) is 11.5 Å². The van der Waals surface area contributed by atoms with Gasteiger partial charge < -0.3 is 5.11 Å². The number of hydrogen-bond acceptors (Lipinski definition) is 2. The van der Waals surface area contributed by atoms with Crippen LogP contribution in [0.4, 0.5) is 0 Å². The minimum Gasteiger partial charge on any atom is -0.481 e. The van der Waals surface area contributed by atoms with Crippen molar-refractivity contribution in [1.82, 2.24) is 4.90 Å². The van der Waals surface area contributed by atoms with Crippen LogP contribution in [-0.4, -0.2) is 35.1 Å². The quantitative estimate of drug-likeness (QED) is 0.786. The molecule has 2 unspecified atom stereocenters. The summed E-state index contributed by atoms with van der Waals surface area (Å²) in [5.74, 6) is -0.567. The third-order valence-corrected chi connectivity index (χ3v) is 5.85. The van der Waals surface area contributed by atoms with E-state index in [-0.39, 0.29) is 0 Å². The first-order chi connectivity index (χ1) is 9.88. The van der Waals surface area contributed by atoms with Gasteiger partial charge in [0.15, 0.2) is 0 Å². The molecule has 0 aromatic carbocycles. The van der Waals surface area contributed by atoms with Crippen LogP contribution in [0, 0.1) is 10.8 Å². The summed E-state index contributed by atoms with van der Waals surface area (Å²) in [5, 5.41) is 9.75. The smallest absolute Gasteiger partial charge is 0.310 e. The predicted molar refractivity (Wildman–Crippen MR) is 86.4 cm³/mol. The molecule has 122 valence electrons. The standard InChI is InChI=1S/C18H33NO2/c1-4-9-18(16(20)21)11-6-13-19(14-18)15-7-5-10-17(2,3)12-8-15/h15H,4-14H2,1-3H3,(H,20,21). The second-order valence-electron chi connectivity index (χ2n) is 8.16. The first-order valence-electron chi connectivity index (χ1n) is 8.86. The summed E-state index contributed by atoms with van der Waals surface area (Å²) in [6.45, 7) is 8.75. The van der Waals surface area contributed by atoms with Crippen molar-refractivity contribution in [2.45, 2.75) is 84.6 Å². The fraction of sp³-hybridized carbons (Fsp3) is 0.944. The summed E-state index contributed by atoms with van der Waals surface area (Å²) in [5.41, 5.74) is -0.00728. The highest BCUT2D eigenvalue weighted by Gasteiger charge is 2.43. The predicted octanol–water partition coefficient (Wildman–Crippen LogP) is 4.31. The van der Waals surface area contributed by atoms with Crippen LogP contribution in [0.25, 0.3) is 0 Å². The number of carbonyl (C=O) groups is 1. The Hall–Kier alpha value is -0.570. The zero-order chi connectivity index (χ0) is 15.5. The average molecular weight is 295 g/mol. The highest BCUT2D eigenvalue weighted by molar-refractivity contribution is 5.75. The molecule has 3 nitrogen and oxygen atoms in total. The molecule has 1 heterocycles. The third-order valence-electron chi connectivity index (χ3n) is 5.85. The van der Waals surface area contributed by atoms with Crippen molar-refractivity contribution >= 4 is 5.97 Å². The molecule has 2 fully saturated rings. The Kier molecular flexibility index (Phi) is 5.34. The summed E-state index contributed by atoms with van der Waals surface area (Å²) >= 11 is 0. The maximum atomic E-state index is 11.8. The second kappa shape index (κ2) is 6.68. The summed E-state index contributed by atoms with van der Waals surface area (Å²) in [4.78, 5) is 14.4. The van der Waals surface area contributed by atoms with Crippen LogP contribution in [0.1, 0.15) is 78.6 Å². The van der Waals surface area contributed by atoms with Gasteiger partial charge in [0.1, 0.15) is 0 Å². The Morgan fingerprint density at radius 1 is 1.19 bits per heavy atom. The van der Waals surface area contributed by atoms with Crippen molar-refractivity contribution in [3.63, 3.8) is 0 Å². The molecule has 1 aliphatic carbocycles. The van der Waals surface area contributed by atoms with Crippen molar-refractivity contribution in [3.8, 4) is 0 Å². The van der Waals surface area contributed by atoms with E-state index in [9.17, 15) is 9.90 Å².